The minimum Gasteiger partial charge on any atom is -0.383 e. The molecule has 2 aliphatic rings. The quantitative estimate of drug-likeness (QED) is 0.895. The molecule has 1 aliphatic heterocycles. The van der Waals surface area contributed by atoms with Crippen LogP contribution >= 0.6 is 0 Å². The van der Waals surface area contributed by atoms with Gasteiger partial charge in [0.15, 0.2) is 0 Å². The predicted octanol–water partition coefficient (Wildman–Crippen LogP) is 3.02. The Morgan fingerprint density at radius 1 is 1.27 bits per heavy atom. The van der Waals surface area contributed by atoms with Crippen molar-refractivity contribution in [2.45, 2.75) is 45.2 Å². The standard InChI is InChI=1S/C20H28N4O2/c1-26-12-11-23-9-10-24-18-8-7-16(13-17(18)22-19(24)14-23)21-20(25)15-5-3-2-4-6-15/h7-8,13,15H,2-6,9-12,14H2,1H3,(H,21,25). The summed E-state index contributed by atoms with van der Waals surface area (Å²) >= 11 is 0. The van der Waals surface area contributed by atoms with Crippen molar-refractivity contribution in [2.75, 3.05) is 32.1 Å². The summed E-state index contributed by atoms with van der Waals surface area (Å²) in [5, 5.41) is 3.11. The van der Waals surface area contributed by atoms with Gasteiger partial charge in [-0.05, 0) is 31.0 Å². The Kier molecular flexibility index (Phi) is 5.22. The van der Waals surface area contributed by atoms with Crippen LogP contribution in [0.4, 0.5) is 5.69 Å². The van der Waals surface area contributed by atoms with Crippen molar-refractivity contribution >= 4 is 22.6 Å². The van der Waals surface area contributed by atoms with Crippen molar-refractivity contribution in [3.8, 4) is 0 Å². The van der Waals surface area contributed by atoms with Crippen LogP contribution in [0.25, 0.3) is 11.0 Å². The molecule has 0 atom stereocenters. The zero-order chi connectivity index (χ0) is 17.9. The number of hydrogen-bond acceptors (Lipinski definition) is 4. The summed E-state index contributed by atoms with van der Waals surface area (Å²) < 4.78 is 7.48. The van der Waals surface area contributed by atoms with E-state index in [-0.39, 0.29) is 11.8 Å². The van der Waals surface area contributed by atoms with Gasteiger partial charge in [-0.1, -0.05) is 19.3 Å². The molecule has 4 rings (SSSR count). The highest BCUT2D eigenvalue weighted by Gasteiger charge is 2.22. The van der Waals surface area contributed by atoms with E-state index in [0.717, 1.165) is 68.2 Å². The fraction of sp³-hybridized carbons (Fsp3) is 0.600. The minimum absolute atomic E-state index is 0.166. The molecule has 1 aromatic heterocycles. The molecule has 0 spiro atoms. The van der Waals surface area contributed by atoms with Crippen molar-refractivity contribution in [2.24, 2.45) is 5.92 Å². The highest BCUT2D eigenvalue weighted by Crippen LogP contribution is 2.27. The number of rotatable bonds is 5. The summed E-state index contributed by atoms with van der Waals surface area (Å²) in [5.74, 6) is 1.43. The first-order valence-corrected chi connectivity index (χ1v) is 9.76. The smallest absolute Gasteiger partial charge is 0.227 e. The average molecular weight is 356 g/mol. The first kappa shape index (κ1) is 17.5. The first-order chi connectivity index (χ1) is 12.7. The second-order valence-electron chi connectivity index (χ2n) is 7.48. The SMILES string of the molecule is COCCN1CCn2c(nc3cc(NC(=O)C4CCCCC4)ccc32)C1. The van der Waals surface area contributed by atoms with Gasteiger partial charge in [0.1, 0.15) is 5.82 Å². The molecule has 1 amide bonds. The van der Waals surface area contributed by atoms with Gasteiger partial charge in [-0.2, -0.15) is 0 Å². The fourth-order valence-corrected chi connectivity index (χ4v) is 4.17. The molecular weight excluding hydrogens is 328 g/mol. The van der Waals surface area contributed by atoms with Crippen LogP contribution in [0.3, 0.4) is 0 Å². The van der Waals surface area contributed by atoms with E-state index < -0.39 is 0 Å². The third-order valence-electron chi connectivity index (χ3n) is 5.69. The Labute approximate surface area is 154 Å². The van der Waals surface area contributed by atoms with Crippen LogP contribution in [0, 0.1) is 5.92 Å². The fourth-order valence-electron chi connectivity index (χ4n) is 4.17. The number of ether oxygens (including phenoxy) is 1. The lowest BCUT2D eigenvalue weighted by Crippen LogP contribution is -2.35. The van der Waals surface area contributed by atoms with E-state index in [1.54, 1.807) is 7.11 Å². The van der Waals surface area contributed by atoms with Gasteiger partial charge < -0.3 is 14.6 Å². The van der Waals surface area contributed by atoms with E-state index in [1.807, 2.05) is 12.1 Å². The van der Waals surface area contributed by atoms with Gasteiger partial charge in [0.05, 0.1) is 24.2 Å². The van der Waals surface area contributed by atoms with Crippen LogP contribution in [-0.2, 0) is 22.6 Å². The second-order valence-corrected chi connectivity index (χ2v) is 7.48. The van der Waals surface area contributed by atoms with Gasteiger partial charge in [0.25, 0.3) is 0 Å². The number of fused-ring (bicyclic) bond motifs is 3. The van der Waals surface area contributed by atoms with Crippen molar-refractivity contribution in [3.63, 3.8) is 0 Å². The lowest BCUT2D eigenvalue weighted by Gasteiger charge is -2.27. The summed E-state index contributed by atoms with van der Waals surface area (Å²) in [4.78, 5) is 19.7. The van der Waals surface area contributed by atoms with Crippen LogP contribution in [0.5, 0.6) is 0 Å². The monoisotopic (exact) mass is 356 g/mol. The molecule has 2 heterocycles. The molecular formula is C20H28N4O2. The number of imidazole rings is 1. The highest BCUT2D eigenvalue weighted by atomic mass is 16.5. The van der Waals surface area contributed by atoms with Gasteiger partial charge in [-0.15, -0.1) is 0 Å². The van der Waals surface area contributed by atoms with E-state index >= 15 is 0 Å². The number of amides is 1. The molecule has 1 saturated carbocycles. The number of nitrogens with zero attached hydrogens (tertiary/aromatic N) is 3. The van der Waals surface area contributed by atoms with Gasteiger partial charge in [-0.25, -0.2) is 4.98 Å². The van der Waals surface area contributed by atoms with Gasteiger partial charge >= 0.3 is 0 Å². The van der Waals surface area contributed by atoms with E-state index in [4.69, 9.17) is 9.72 Å². The number of benzene rings is 1. The summed E-state index contributed by atoms with van der Waals surface area (Å²) in [6, 6.07) is 6.11. The number of carbonyl (C=O) groups is 1. The topological polar surface area (TPSA) is 59.4 Å². The number of aromatic nitrogens is 2. The number of nitrogens with one attached hydrogen (secondary N) is 1. The second kappa shape index (κ2) is 7.76. The number of hydrogen-bond donors (Lipinski definition) is 1. The molecule has 6 heteroatoms. The van der Waals surface area contributed by atoms with Crippen molar-refractivity contribution in [1.82, 2.24) is 14.5 Å². The van der Waals surface area contributed by atoms with Crippen LogP contribution < -0.4 is 5.32 Å². The van der Waals surface area contributed by atoms with E-state index in [0.29, 0.717) is 0 Å². The Balaban J connectivity index is 1.48. The van der Waals surface area contributed by atoms with E-state index in [9.17, 15) is 4.79 Å². The largest absolute Gasteiger partial charge is 0.383 e. The van der Waals surface area contributed by atoms with Crippen LogP contribution in [0.1, 0.15) is 37.9 Å². The third kappa shape index (κ3) is 3.62. The van der Waals surface area contributed by atoms with Gasteiger partial charge in [0, 0.05) is 38.3 Å². The molecule has 0 unspecified atom stereocenters. The summed E-state index contributed by atoms with van der Waals surface area (Å²) in [6.45, 7) is 4.49. The van der Waals surface area contributed by atoms with Crippen LogP contribution in [-0.4, -0.2) is 47.2 Å². The minimum atomic E-state index is 0.166. The lowest BCUT2D eigenvalue weighted by molar-refractivity contribution is -0.120. The molecule has 1 N–H and O–H groups in total. The predicted molar refractivity (Wildman–Crippen MR) is 102 cm³/mol. The zero-order valence-electron chi connectivity index (χ0n) is 15.5. The summed E-state index contributed by atoms with van der Waals surface area (Å²) in [5.41, 5.74) is 2.98. The average Bonchev–Trinajstić information content (AvgIpc) is 3.03. The van der Waals surface area contributed by atoms with Crippen LogP contribution in [0.2, 0.25) is 0 Å². The van der Waals surface area contributed by atoms with Crippen molar-refractivity contribution < 1.29 is 9.53 Å². The first-order valence-electron chi connectivity index (χ1n) is 9.76. The maximum absolute atomic E-state index is 12.5. The zero-order valence-corrected chi connectivity index (χ0v) is 15.5. The Bertz CT molecular complexity index is 779. The molecule has 26 heavy (non-hydrogen) atoms. The lowest BCUT2D eigenvalue weighted by atomic mass is 9.88. The van der Waals surface area contributed by atoms with Crippen molar-refractivity contribution in [3.05, 3.63) is 24.0 Å². The Hall–Kier alpha value is -1.92. The number of anilines is 1. The molecule has 0 radical (unpaired) electrons. The maximum atomic E-state index is 12.5. The van der Waals surface area contributed by atoms with Gasteiger partial charge in [0.2, 0.25) is 5.91 Å². The molecule has 1 aromatic carbocycles. The molecule has 6 nitrogen and oxygen atoms in total. The summed E-state index contributed by atoms with van der Waals surface area (Å²) in [6.07, 6.45) is 5.64. The molecule has 0 saturated heterocycles. The van der Waals surface area contributed by atoms with Crippen molar-refractivity contribution in [1.29, 1.82) is 0 Å². The molecule has 1 fully saturated rings. The van der Waals surface area contributed by atoms with E-state index in [1.165, 1.54) is 19.3 Å². The third-order valence-corrected chi connectivity index (χ3v) is 5.69. The number of methoxy groups -OCH3 is 1. The number of carbonyl (C=O) groups excluding carboxylic acids is 1. The maximum Gasteiger partial charge on any atom is 0.227 e. The molecule has 140 valence electrons. The Morgan fingerprint density at radius 2 is 2.12 bits per heavy atom. The normalized spacial score (nSPS) is 18.8. The van der Waals surface area contributed by atoms with Gasteiger partial charge in [-0.3, -0.25) is 9.69 Å². The van der Waals surface area contributed by atoms with E-state index in [2.05, 4.69) is 20.9 Å². The molecule has 0 bridgehead atoms. The molecule has 1 aliphatic carbocycles. The van der Waals surface area contributed by atoms with Crippen LogP contribution in [0.15, 0.2) is 18.2 Å². The highest BCUT2D eigenvalue weighted by molar-refractivity contribution is 5.94. The molecule has 2 aromatic rings. The Morgan fingerprint density at radius 3 is 2.92 bits per heavy atom. The summed E-state index contributed by atoms with van der Waals surface area (Å²) in [7, 11) is 1.74.